The molecule has 0 saturated carbocycles. The van der Waals surface area contributed by atoms with Crippen LogP contribution in [0.4, 0.5) is 0 Å². The molecule has 2 fully saturated rings. The summed E-state index contributed by atoms with van der Waals surface area (Å²) in [6.45, 7) is 4.18. The number of rotatable bonds is 2. The van der Waals surface area contributed by atoms with Gasteiger partial charge in [-0.15, -0.1) is 0 Å². The number of fused-ring (bicyclic) bond motifs is 1. The minimum atomic E-state index is -0.545. The lowest BCUT2D eigenvalue weighted by molar-refractivity contribution is -0.147. The highest BCUT2D eigenvalue weighted by molar-refractivity contribution is 5.82. The van der Waals surface area contributed by atoms with E-state index in [1.807, 2.05) is 22.9 Å². The summed E-state index contributed by atoms with van der Waals surface area (Å²) in [6, 6.07) is 8.36. The number of carbonyl (C=O) groups excluding carboxylic acids is 2. The predicted octanol–water partition coefficient (Wildman–Crippen LogP) is 1.12. The van der Waals surface area contributed by atoms with Crippen molar-refractivity contribution in [1.29, 1.82) is 0 Å². The molecule has 0 radical (unpaired) electrons. The Kier molecular flexibility index (Phi) is 5.69. The number of benzene rings is 1. The van der Waals surface area contributed by atoms with Crippen molar-refractivity contribution >= 4 is 11.8 Å². The van der Waals surface area contributed by atoms with Gasteiger partial charge in [-0.2, -0.15) is 0 Å². The highest BCUT2D eigenvalue weighted by atomic mass is 16.3. The minimum absolute atomic E-state index is 0.00765. The molecule has 28 heavy (non-hydrogen) atoms. The molecular formula is C22H31N3O3. The first-order valence-corrected chi connectivity index (χ1v) is 10.5. The van der Waals surface area contributed by atoms with Gasteiger partial charge in [-0.25, -0.2) is 0 Å². The maximum atomic E-state index is 13.0. The van der Waals surface area contributed by atoms with Crippen LogP contribution < -0.4 is 0 Å². The van der Waals surface area contributed by atoms with E-state index >= 15 is 0 Å². The van der Waals surface area contributed by atoms with Gasteiger partial charge >= 0.3 is 0 Å². The topological polar surface area (TPSA) is 64.1 Å². The zero-order valence-corrected chi connectivity index (χ0v) is 16.7. The van der Waals surface area contributed by atoms with E-state index in [1.165, 1.54) is 11.1 Å². The summed E-state index contributed by atoms with van der Waals surface area (Å²) in [6.07, 6.45) is 2.48. The van der Waals surface area contributed by atoms with E-state index in [0.717, 1.165) is 32.4 Å². The van der Waals surface area contributed by atoms with E-state index in [2.05, 4.69) is 23.1 Å². The summed E-state index contributed by atoms with van der Waals surface area (Å²) in [5.74, 6) is -0.0336. The molecule has 6 nitrogen and oxygen atoms in total. The lowest BCUT2D eigenvalue weighted by Gasteiger charge is -2.39. The molecule has 3 aliphatic rings. The van der Waals surface area contributed by atoms with Crippen LogP contribution >= 0.6 is 0 Å². The molecule has 4 rings (SSSR count). The van der Waals surface area contributed by atoms with Crippen LogP contribution in [0, 0.1) is 11.8 Å². The number of amides is 2. The van der Waals surface area contributed by atoms with E-state index in [4.69, 9.17) is 0 Å². The van der Waals surface area contributed by atoms with Crippen LogP contribution in [0.5, 0.6) is 0 Å². The van der Waals surface area contributed by atoms with Crippen LogP contribution in [0.2, 0.25) is 0 Å². The number of piperidine rings is 2. The van der Waals surface area contributed by atoms with Crippen LogP contribution in [0.15, 0.2) is 24.3 Å². The van der Waals surface area contributed by atoms with Crippen LogP contribution in [-0.2, 0) is 22.6 Å². The largest absolute Gasteiger partial charge is 0.392 e. The molecular weight excluding hydrogens is 354 g/mol. The van der Waals surface area contributed by atoms with Gasteiger partial charge in [-0.1, -0.05) is 24.3 Å². The third-order valence-electron chi connectivity index (χ3n) is 6.69. The van der Waals surface area contributed by atoms with Gasteiger partial charge in [0, 0.05) is 45.2 Å². The van der Waals surface area contributed by atoms with Crippen molar-refractivity contribution in [3.63, 3.8) is 0 Å². The molecule has 1 aromatic carbocycles. The third-order valence-corrected chi connectivity index (χ3v) is 6.69. The summed E-state index contributed by atoms with van der Waals surface area (Å²) in [5.41, 5.74) is 2.60. The molecule has 0 bridgehead atoms. The Balaban J connectivity index is 1.31. The maximum Gasteiger partial charge on any atom is 0.229 e. The van der Waals surface area contributed by atoms with Gasteiger partial charge in [-0.05, 0) is 43.9 Å². The summed E-state index contributed by atoms with van der Waals surface area (Å²) in [7, 11) is 1.99. The van der Waals surface area contributed by atoms with Crippen LogP contribution in [0.1, 0.15) is 30.4 Å². The van der Waals surface area contributed by atoms with E-state index in [1.54, 1.807) is 0 Å². The summed E-state index contributed by atoms with van der Waals surface area (Å²) in [5, 5.41) is 10.2. The highest BCUT2D eigenvalue weighted by Gasteiger charge is 2.37. The van der Waals surface area contributed by atoms with Gasteiger partial charge in [0.05, 0.1) is 12.0 Å². The molecule has 1 N–H and O–H groups in total. The van der Waals surface area contributed by atoms with Crippen molar-refractivity contribution < 1.29 is 14.7 Å². The number of nitrogens with zero attached hydrogens (tertiary/aromatic N) is 3. The van der Waals surface area contributed by atoms with Crippen molar-refractivity contribution in [2.24, 2.45) is 11.8 Å². The van der Waals surface area contributed by atoms with Gasteiger partial charge in [0.15, 0.2) is 0 Å². The van der Waals surface area contributed by atoms with Gasteiger partial charge in [0.1, 0.15) is 0 Å². The summed E-state index contributed by atoms with van der Waals surface area (Å²) in [4.78, 5) is 31.8. The van der Waals surface area contributed by atoms with Gasteiger partial charge in [0.2, 0.25) is 11.8 Å². The Bertz CT molecular complexity index is 729. The number of hydrogen-bond donors (Lipinski definition) is 1. The highest BCUT2D eigenvalue weighted by Crippen LogP contribution is 2.26. The average Bonchev–Trinajstić information content (AvgIpc) is 2.74. The molecule has 1 aromatic rings. The zero-order chi connectivity index (χ0) is 19.7. The molecule has 6 heteroatoms. The molecule has 2 amide bonds. The first-order valence-electron chi connectivity index (χ1n) is 10.5. The van der Waals surface area contributed by atoms with Gasteiger partial charge in [-0.3, -0.25) is 9.59 Å². The second kappa shape index (κ2) is 8.21. The number of aliphatic hydroxyl groups excluding tert-OH is 1. The first-order chi connectivity index (χ1) is 13.5. The number of carbonyl (C=O) groups is 2. The van der Waals surface area contributed by atoms with E-state index < -0.39 is 6.10 Å². The standard InChI is InChI=1S/C22H31N3O3/c1-23-10-9-20(26)19(15-23)22(28)24-11-7-17(8-12-24)21(27)25-13-6-16-4-2-3-5-18(16)14-25/h2-5,17,19-20,26H,6-15H2,1H3/t19-,20+/m1/s1. The fourth-order valence-electron chi connectivity index (χ4n) is 4.87. The molecule has 3 heterocycles. The molecule has 2 atom stereocenters. The van der Waals surface area contributed by atoms with Crippen molar-refractivity contribution in [3.05, 3.63) is 35.4 Å². The maximum absolute atomic E-state index is 13.0. The molecule has 0 aromatic heterocycles. The van der Waals surface area contributed by atoms with Gasteiger partial charge in [0.25, 0.3) is 0 Å². The van der Waals surface area contributed by atoms with E-state index in [-0.39, 0.29) is 23.7 Å². The van der Waals surface area contributed by atoms with Crippen molar-refractivity contribution in [1.82, 2.24) is 14.7 Å². The quantitative estimate of drug-likeness (QED) is 0.829. The van der Waals surface area contributed by atoms with Crippen LogP contribution in [0.3, 0.4) is 0 Å². The molecule has 3 aliphatic heterocycles. The predicted molar refractivity (Wildman–Crippen MR) is 106 cm³/mol. The Morgan fingerprint density at radius 2 is 1.64 bits per heavy atom. The van der Waals surface area contributed by atoms with Crippen LogP contribution in [-0.4, -0.2) is 77.5 Å². The van der Waals surface area contributed by atoms with Crippen molar-refractivity contribution in [2.45, 2.75) is 38.3 Å². The van der Waals surface area contributed by atoms with Crippen molar-refractivity contribution in [3.8, 4) is 0 Å². The fourth-order valence-corrected chi connectivity index (χ4v) is 4.87. The number of likely N-dealkylation sites (tertiary alicyclic amines) is 2. The third kappa shape index (κ3) is 3.94. The van der Waals surface area contributed by atoms with Crippen molar-refractivity contribution in [2.75, 3.05) is 39.8 Å². The van der Waals surface area contributed by atoms with E-state index in [9.17, 15) is 14.7 Å². The second-order valence-electron chi connectivity index (χ2n) is 8.60. The average molecular weight is 386 g/mol. The fraction of sp³-hybridized carbons (Fsp3) is 0.636. The smallest absolute Gasteiger partial charge is 0.229 e. The summed E-state index contributed by atoms with van der Waals surface area (Å²) < 4.78 is 0. The number of hydrogen-bond acceptors (Lipinski definition) is 4. The zero-order valence-electron chi connectivity index (χ0n) is 16.7. The Morgan fingerprint density at radius 1 is 0.929 bits per heavy atom. The Labute approximate surface area is 167 Å². The molecule has 0 spiro atoms. The second-order valence-corrected chi connectivity index (χ2v) is 8.60. The minimum Gasteiger partial charge on any atom is -0.392 e. The molecule has 0 unspecified atom stereocenters. The Hall–Kier alpha value is -1.92. The lowest BCUT2D eigenvalue weighted by atomic mass is 9.90. The molecule has 2 saturated heterocycles. The lowest BCUT2D eigenvalue weighted by Crippen LogP contribution is -2.52. The van der Waals surface area contributed by atoms with Crippen LogP contribution in [0.25, 0.3) is 0 Å². The first kappa shape index (κ1) is 19.4. The normalized spacial score (nSPS) is 26.8. The van der Waals surface area contributed by atoms with E-state index in [0.29, 0.717) is 32.6 Å². The number of aliphatic hydroxyl groups is 1. The van der Waals surface area contributed by atoms with Gasteiger partial charge < -0.3 is 19.8 Å². The summed E-state index contributed by atoms with van der Waals surface area (Å²) >= 11 is 0. The monoisotopic (exact) mass is 385 g/mol. The molecule has 152 valence electrons. The molecule has 0 aliphatic carbocycles. The Morgan fingerprint density at radius 3 is 2.39 bits per heavy atom. The SMILES string of the molecule is CN1CC[C@H](O)[C@H](C(=O)N2CCC(C(=O)N3CCc4ccccc4C3)CC2)C1.